The van der Waals surface area contributed by atoms with Crippen LogP contribution in [0.5, 0.6) is 0 Å². The van der Waals surface area contributed by atoms with Crippen molar-refractivity contribution in [3.05, 3.63) is 66.5 Å². The van der Waals surface area contributed by atoms with Crippen LogP contribution in [0.1, 0.15) is 12.0 Å². The molecule has 4 rings (SSSR count). The summed E-state index contributed by atoms with van der Waals surface area (Å²) in [6.45, 7) is 14.7. The molecule has 0 unspecified atom stereocenters. The van der Waals surface area contributed by atoms with Gasteiger partial charge >= 0.3 is 6.02 Å². The monoisotopic (exact) mass is 489 g/mol. The number of fused-ring (bicyclic) bond motifs is 1. The normalized spacial score (nSPS) is 18.9. The van der Waals surface area contributed by atoms with Gasteiger partial charge in [-0.15, -0.1) is 0 Å². The molecule has 0 atom stereocenters. The number of aryl methyl sites for hydroxylation is 1. The quantitative estimate of drug-likeness (QED) is 0.487. The Morgan fingerprint density at radius 1 is 0.972 bits per heavy atom. The second-order valence-electron chi connectivity index (χ2n) is 9.00. The van der Waals surface area contributed by atoms with Gasteiger partial charge in [0.25, 0.3) is 5.91 Å². The summed E-state index contributed by atoms with van der Waals surface area (Å²) >= 11 is 0. The average Bonchev–Trinajstić information content (AvgIpc) is 2.91. The molecule has 2 heterocycles. The number of piperazine rings is 1. The zero-order valence-corrected chi connectivity index (χ0v) is 21.5. The molecule has 0 radical (unpaired) electrons. The molecular weight excluding hydrogens is 454 g/mol. The lowest BCUT2D eigenvalue weighted by Crippen LogP contribution is -2.51. The highest BCUT2D eigenvalue weighted by molar-refractivity contribution is 6.04. The van der Waals surface area contributed by atoms with E-state index in [9.17, 15) is 4.79 Å². The molecule has 0 saturated carbocycles. The SMILES string of the molecule is C=C(OC)C(=O)N1CCN(/C2=N/C(OC)=NCCN(c3cccc4cccc(C)c34)CCC2=C)CC1. The topological polar surface area (TPSA) is 70.0 Å². The van der Waals surface area contributed by atoms with Gasteiger partial charge in [-0.1, -0.05) is 43.5 Å². The van der Waals surface area contributed by atoms with Crippen molar-refractivity contribution in [2.24, 2.45) is 9.98 Å². The Hall–Kier alpha value is -3.81. The number of carbonyl (C=O) groups is 1. The summed E-state index contributed by atoms with van der Waals surface area (Å²) in [4.78, 5) is 28.1. The Balaban J connectivity index is 1.56. The second-order valence-corrected chi connectivity index (χ2v) is 9.00. The van der Waals surface area contributed by atoms with Crippen LogP contribution in [0.25, 0.3) is 10.8 Å². The third-order valence-electron chi connectivity index (χ3n) is 6.78. The molecule has 36 heavy (non-hydrogen) atoms. The van der Waals surface area contributed by atoms with Crippen molar-refractivity contribution in [3.63, 3.8) is 0 Å². The van der Waals surface area contributed by atoms with Crippen LogP contribution in [-0.2, 0) is 14.3 Å². The highest BCUT2D eigenvalue weighted by Gasteiger charge is 2.27. The van der Waals surface area contributed by atoms with E-state index in [0.29, 0.717) is 38.7 Å². The number of nitrogens with zero attached hydrogens (tertiary/aromatic N) is 5. The zero-order chi connectivity index (χ0) is 25.7. The third kappa shape index (κ3) is 5.37. The maximum absolute atomic E-state index is 12.4. The fraction of sp³-hybridized carbons (Fsp3) is 0.393. The van der Waals surface area contributed by atoms with Crippen molar-refractivity contribution in [1.29, 1.82) is 0 Å². The summed E-state index contributed by atoms with van der Waals surface area (Å²) in [5, 5.41) is 2.50. The van der Waals surface area contributed by atoms with Crippen LogP contribution in [0.3, 0.4) is 0 Å². The molecule has 0 aliphatic carbocycles. The number of benzene rings is 2. The van der Waals surface area contributed by atoms with Crippen LogP contribution in [0.15, 0.2) is 70.9 Å². The number of anilines is 1. The summed E-state index contributed by atoms with van der Waals surface area (Å²) < 4.78 is 10.5. The molecule has 1 saturated heterocycles. The van der Waals surface area contributed by atoms with E-state index >= 15 is 0 Å². The minimum absolute atomic E-state index is 0.154. The van der Waals surface area contributed by atoms with Crippen molar-refractivity contribution in [2.75, 3.05) is 64.9 Å². The van der Waals surface area contributed by atoms with Crippen LogP contribution < -0.4 is 4.90 Å². The van der Waals surface area contributed by atoms with Gasteiger partial charge in [-0.05, 0) is 35.9 Å². The summed E-state index contributed by atoms with van der Waals surface area (Å²) in [5.74, 6) is 0.745. The number of amides is 1. The molecule has 8 nitrogen and oxygen atoms in total. The van der Waals surface area contributed by atoms with Gasteiger partial charge < -0.3 is 24.2 Å². The first-order valence-electron chi connectivity index (χ1n) is 12.3. The molecule has 0 N–H and O–H groups in total. The molecule has 2 aromatic rings. The standard InChI is InChI=1S/C28H35N5O3/c1-20-8-6-9-23-10-7-11-24(25(20)23)31-14-12-21(2)26(30-28(36-5)29-13-15-31)32-16-18-33(19-17-32)27(34)22(3)35-4/h6-11H,2-3,12-19H2,1,4-5H3/b29-28?,30-26+. The van der Waals surface area contributed by atoms with Crippen LogP contribution in [0, 0.1) is 6.92 Å². The number of ether oxygens (including phenoxy) is 2. The largest absolute Gasteiger partial charge is 0.492 e. The van der Waals surface area contributed by atoms with Gasteiger partial charge in [0.2, 0.25) is 0 Å². The molecule has 0 spiro atoms. The fourth-order valence-electron chi connectivity index (χ4n) is 4.76. The van der Waals surface area contributed by atoms with E-state index in [2.05, 4.69) is 71.3 Å². The number of carbonyl (C=O) groups excluding carboxylic acids is 1. The van der Waals surface area contributed by atoms with E-state index in [1.54, 1.807) is 12.0 Å². The highest BCUT2D eigenvalue weighted by Crippen LogP contribution is 2.30. The number of rotatable bonds is 3. The minimum Gasteiger partial charge on any atom is -0.492 e. The van der Waals surface area contributed by atoms with Gasteiger partial charge in [-0.25, -0.2) is 4.99 Å². The number of amidine groups is 2. The number of methoxy groups -OCH3 is 2. The first-order chi connectivity index (χ1) is 17.4. The Bertz CT molecular complexity index is 1210. The second kappa shape index (κ2) is 11.3. The van der Waals surface area contributed by atoms with Crippen molar-refractivity contribution in [3.8, 4) is 0 Å². The molecule has 1 amide bonds. The van der Waals surface area contributed by atoms with Gasteiger partial charge in [0, 0.05) is 50.3 Å². The van der Waals surface area contributed by atoms with E-state index in [4.69, 9.17) is 14.5 Å². The van der Waals surface area contributed by atoms with Gasteiger partial charge in [0.15, 0.2) is 5.76 Å². The summed E-state index contributed by atoms with van der Waals surface area (Å²) in [6.07, 6.45) is 0.748. The zero-order valence-electron chi connectivity index (χ0n) is 21.5. The van der Waals surface area contributed by atoms with E-state index < -0.39 is 0 Å². The predicted octanol–water partition coefficient (Wildman–Crippen LogP) is 3.62. The highest BCUT2D eigenvalue weighted by atomic mass is 16.5. The maximum Gasteiger partial charge on any atom is 0.313 e. The number of hydrogen-bond acceptors (Lipinski definition) is 7. The molecule has 0 bridgehead atoms. The number of aliphatic imine (C=N–C) groups is 2. The van der Waals surface area contributed by atoms with Crippen LogP contribution >= 0.6 is 0 Å². The van der Waals surface area contributed by atoms with Crippen LogP contribution in [-0.4, -0.2) is 87.6 Å². The lowest BCUT2D eigenvalue weighted by atomic mass is 10.0. The molecule has 2 aliphatic heterocycles. The Morgan fingerprint density at radius 3 is 2.39 bits per heavy atom. The van der Waals surface area contributed by atoms with Crippen molar-refractivity contribution in [2.45, 2.75) is 13.3 Å². The van der Waals surface area contributed by atoms with Gasteiger partial charge in [0.1, 0.15) is 5.84 Å². The molecule has 2 aromatic carbocycles. The molecule has 2 aliphatic rings. The lowest BCUT2D eigenvalue weighted by molar-refractivity contribution is -0.131. The average molecular weight is 490 g/mol. The first-order valence-corrected chi connectivity index (χ1v) is 12.3. The van der Waals surface area contributed by atoms with E-state index in [1.165, 1.54) is 29.1 Å². The van der Waals surface area contributed by atoms with Crippen LogP contribution in [0.2, 0.25) is 0 Å². The molecule has 8 heteroatoms. The third-order valence-corrected chi connectivity index (χ3v) is 6.78. The predicted molar refractivity (Wildman–Crippen MR) is 146 cm³/mol. The minimum atomic E-state index is -0.177. The number of hydrogen-bond donors (Lipinski definition) is 0. The van der Waals surface area contributed by atoms with Gasteiger partial charge in [-0.3, -0.25) is 4.79 Å². The molecule has 190 valence electrons. The Labute approximate surface area is 213 Å². The molecular formula is C28H35N5O3. The maximum atomic E-state index is 12.4. The fourth-order valence-corrected chi connectivity index (χ4v) is 4.76. The van der Waals surface area contributed by atoms with Crippen LogP contribution in [0.4, 0.5) is 5.69 Å². The Kier molecular flexibility index (Phi) is 7.93. The summed E-state index contributed by atoms with van der Waals surface area (Å²) in [5.41, 5.74) is 3.38. The van der Waals surface area contributed by atoms with Crippen molar-refractivity contribution in [1.82, 2.24) is 9.80 Å². The van der Waals surface area contributed by atoms with E-state index in [1.807, 2.05) is 0 Å². The van der Waals surface area contributed by atoms with Gasteiger partial charge in [0.05, 0.1) is 20.8 Å². The Morgan fingerprint density at radius 2 is 1.69 bits per heavy atom. The van der Waals surface area contributed by atoms with Gasteiger partial charge in [-0.2, -0.15) is 4.99 Å². The smallest absolute Gasteiger partial charge is 0.313 e. The van der Waals surface area contributed by atoms with Crippen molar-refractivity contribution >= 4 is 34.2 Å². The van der Waals surface area contributed by atoms with E-state index in [0.717, 1.165) is 30.9 Å². The van der Waals surface area contributed by atoms with E-state index in [-0.39, 0.29) is 11.7 Å². The van der Waals surface area contributed by atoms with Crippen molar-refractivity contribution < 1.29 is 14.3 Å². The summed E-state index contributed by atoms with van der Waals surface area (Å²) in [7, 11) is 3.05. The summed E-state index contributed by atoms with van der Waals surface area (Å²) in [6, 6.07) is 13.2. The first kappa shape index (κ1) is 25.3. The molecule has 0 aromatic heterocycles. The lowest BCUT2D eigenvalue weighted by Gasteiger charge is -2.37. The molecule has 1 fully saturated rings.